The lowest BCUT2D eigenvalue weighted by atomic mass is 10.1. The molecule has 0 atom stereocenters. The number of fused-ring (bicyclic) bond motifs is 1. The van der Waals surface area contributed by atoms with Gasteiger partial charge in [0.05, 0.1) is 11.3 Å². The molecule has 166 valence electrons. The van der Waals surface area contributed by atoms with Gasteiger partial charge in [0.15, 0.2) is 0 Å². The Morgan fingerprint density at radius 3 is 2.16 bits per heavy atom. The molecule has 1 saturated heterocycles. The molecule has 1 amide bonds. The van der Waals surface area contributed by atoms with Crippen molar-refractivity contribution in [3.05, 3.63) is 59.9 Å². The maximum Gasteiger partial charge on any atom is 0.269 e. The topological polar surface area (TPSA) is 60.9 Å². The Morgan fingerprint density at radius 2 is 1.45 bits per heavy atom. The van der Waals surface area contributed by atoms with Crippen LogP contribution in [0.4, 0.5) is 10.1 Å². The van der Waals surface area contributed by atoms with Gasteiger partial charge in [-0.3, -0.25) is 9.69 Å². The summed E-state index contributed by atoms with van der Waals surface area (Å²) in [5.41, 5.74) is 0.952. The van der Waals surface area contributed by atoms with Gasteiger partial charge in [0.2, 0.25) is 0 Å². The lowest BCUT2D eigenvalue weighted by Crippen LogP contribution is -2.46. The molecule has 0 spiro atoms. The molecule has 2 aromatic carbocycles. The van der Waals surface area contributed by atoms with Crippen molar-refractivity contribution in [2.75, 3.05) is 44.2 Å². The number of anilines is 1. The first-order valence-electron chi connectivity index (χ1n) is 10.9. The number of benzene rings is 2. The summed E-state index contributed by atoms with van der Waals surface area (Å²) in [7, 11) is -3.69. The average molecular weight is 446 g/mol. The van der Waals surface area contributed by atoms with Gasteiger partial charge in [-0.2, -0.15) is 0 Å². The van der Waals surface area contributed by atoms with E-state index >= 15 is 0 Å². The third-order valence-corrected chi connectivity index (χ3v) is 7.90. The van der Waals surface area contributed by atoms with E-state index in [-0.39, 0.29) is 22.8 Å². The quantitative estimate of drug-likeness (QED) is 0.583. The number of unbranched alkanes of at least 4 members (excludes halogenated alkanes) is 3. The predicted molar refractivity (Wildman–Crippen MR) is 118 cm³/mol. The Morgan fingerprint density at radius 1 is 0.806 bits per heavy atom. The first-order valence-corrected chi connectivity index (χ1v) is 12.3. The molecular weight excluding hydrogens is 417 g/mol. The summed E-state index contributed by atoms with van der Waals surface area (Å²) in [6.45, 7) is 4.67. The molecule has 0 unspecified atom stereocenters. The number of amides is 1. The normalized spacial score (nSPS) is 18.4. The molecule has 31 heavy (non-hydrogen) atoms. The summed E-state index contributed by atoms with van der Waals surface area (Å²) in [4.78, 5) is 17.0. The second kappa shape index (κ2) is 9.36. The van der Waals surface area contributed by atoms with Crippen LogP contribution < -0.4 is 4.90 Å². The van der Waals surface area contributed by atoms with Crippen molar-refractivity contribution in [3.8, 4) is 0 Å². The molecule has 0 bridgehead atoms. The zero-order valence-corrected chi connectivity index (χ0v) is 18.4. The predicted octanol–water partition coefficient (Wildman–Crippen LogP) is 3.35. The van der Waals surface area contributed by atoms with Crippen LogP contribution in [0.5, 0.6) is 0 Å². The average Bonchev–Trinajstić information content (AvgIpc) is 2.97. The van der Waals surface area contributed by atoms with E-state index in [2.05, 4.69) is 9.80 Å². The zero-order chi connectivity index (χ0) is 21.8. The minimum atomic E-state index is -3.69. The molecular formula is C23H28FN3O3S. The van der Waals surface area contributed by atoms with Crippen molar-refractivity contribution < 1.29 is 17.6 Å². The van der Waals surface area contributed by atoms with Gasteiger partial charge >= 0.3 is 0 Å². The Bertz CT molecular complexity index is 1040. The fourth-order valence-corrected chi connectivity index (χ4v) is 5.92. The molecule has 0 radical (unpaired) electrons. The summed E-state index contributed by atoms with van der Waals surface area (Å²) in [5, 5.41) is 0. The van der Waals surface area contributed by atoms with E-state index in [0.717, 1.165) is 56.3 Å². The molecule has 2 heterocycles. The van der Waals surface area contributed by atoms with Gasteiger partial charge in [0.25, 0.3) is 15.9 Å². The number of nitrogens with zero attached hydrogens (tertiary/aromatic N) is 3. The van der Waals surface area contributed by atoms with Crippen LogP contribution in [0.15, 0.2) is 53.4 Å². The van der Waals surface area contributed by atoms with E-state index in [1.165, 1.54) is 12.1 Å². The molecule has 0 aliphatic carbocycles. The van der Waals surface area contributed by atoms with E-state index < -0.39 is 15.9 Å². The Balaban J connectivity index is 1.15. The van der Waals surface area contributed by atoms with Crippen LogP contribution in [-0.4, -0.2) is 62.8 Å². The fraction of sp³-hybridized carbons (Fsp3) is 0.435. The Kier molecular flexibility index (Phi) is 6.57. The van der Waals surface area contributed by atoms with Crippen molar-refractivity contribution >= 4 is 21.6 Å². The molecule has 2 aromatic rings. The first-order chi connectivity index (χ1) is 15.0. The summed E-state index contributed by atoms with van der Waals surface area (Å²) in [5.74, 6) is -0.583. The van der Waals surface area contributed by atoms with E-state index in [1.54, 1.807) is 24.3 Å². The molecule has 2 aliphatic rings. The van der Waals surface area contributed by atoms with Crippen LogP contribution >= 0.6 is 0 Å². The number of halogens is 1. The minimum absolute atomic E-state index is 0.120. The van der Waals surface area contributed by atoms with Crippen molar-refractivity contribution in [1.29, 1.82) is 0 Å². The highest BCUT2D eigenvalue weighted by atomic mass is 32.2. The van der Waals surface area contributed by atoms with E-state index in [9.17, 15) is 17.6 Å². The van der Waals surface area contributed by atoms with E-state index in [1.807, 2.05) is 12.1 Å². The van der Waals surface area contributed by atoms with Gasteiger partial charge in [-0.25, -0.2) is 17.1 Å². The molecule has 4 rings (SSSR count). The summed E-state index contributed by atoms with van der Waals surface area (Å²) in [6.07, 6.45) is 3.56. The molecule has 0 N–H and O–H groups in total. The summed E-state index contributed by atoms with van der Waals surface area (Å²) in [6, 6.07) is 13.3. The fourth-order valence-electron chi connectivity index (χ4n) is 4.32. The van der Waals surface area contributed by atoms with Crippen molar-refractivity contribution in [2.24, 2.45) is 0 Å². The van der Waals surface area contributed by atoms with Gasteiger partial charge in [-0.15, -0.1) is 0 Å². The number of carbonyl (C=O) groups excluding carboxylic acids is 1. The van der Waals surface area contributed by atoms with E-state index in [0.29, 0.717) is 12.1 Å². The lowest BCUT2D eigenvalue weighted by molar-refractivity contribution is 0.0869. The van der Waals surface area contributed by atoms with Crippen LogP contribution in [0.25, 0.3) is 0 Å². The maximum absolute atomic E-state index is 13.9. The molecule has 6 nitrogen and oxygen atoms in total. The third kappa shape index (κ3) is 4.60. The molecule has 8 heteroatoms. The van der Waals surface area contributed by atoms with Crippen molar-refractivity contribution in [1.82, 2.24) is 9.21 Å². The lowest BCUT2D eigenvalue weighted by Gasteiger charge is -2.36. The second-order valence-electron chi connectivity index (χ2n) is 8.07. The monoisotopic (exact) mass is 445 g/mol. The first kappa shape index (κ1) is 21.8. The number of rotatable bonds is 8. The number of hydrogen-bond donors (Lipinski definition) is 0. The number of hydrogen-bond acceptors (Lipinski definition) is 5. The molecule has 0 saturated carbocycles. The summed E-state index contributed by atoms with van der Waals surface area (Å²) >= 11 is 0. The number of piperazine rings is 1. The number of para-hydroxylation sites is 1. The van der Waals surface area contributed by atoms with Gasteiger partial charge in [0, 0.05) is 32.7 Å². The number of sulfonamides is 1. The molecule has 0 aromatic heterocycles. The SMILES string of the molecule is O=C1c2ccccc2S(=O)(=O)N1CCCCCCN1CCN(c2ccccc2F)CC1. The Hall–Kier alpha value is -2.45. The van der Waals surface area contributed by atoms with Crippen molar-refractivity contribution in [3.63, 3.8) is 0 Å². The number of carbonyl (C=O) groups is 1. The van der Waals surface area contributed by atoms with Crippen molar-refractivity contribution in [2.45, 2.75) is 30.6 Å². The Labute approximate surface area is 183 Å². The van der Waals surface area contributed by atoms with Crippen LogP contribution in [0.2, 0.25) is 0 Å². The van der Waals surface area contributed by atoms with Crippen LogP contribution in [0.3, 0.4) is 0 Å². The highest BCUT2D eigenvalue weighted by Crippen LogP contribution is 2.30. The van der Waals surface area contributed by atoms with Gasteiger partial charge in [-0.05, 0) is 43.7 Å². The van der Waals surface area contributed by atoms with Crippen LogP contribution in [0, 0.1) is 5.82 Å². The molecule has 1 fully saturated rings. The maximum atomic E-state index is 13.9. The largest absolute Gasteiger partial charge is 0.367 e. The van der Waals surface area contributed by atoms with Gasteiger partial charge < -0.3 is 4.90 Å². The second-order valence-corrected chi connectivity index (χ2v) is 9.90. The highest BCUT2D eigenvalue weighted by molar-refractivity contribution is 7.90. The highest BCUT2D eigenvalue weighted by Gasteiger charge is 2.40. The van der Waals surface area contributed by atoms with Crippen LogP contribution in [-0.2, 0) is 10.0 Å². The molecule has 2 aliphatic heterocycles. The van der Waals surface area contributed by atoms with Gasteiger partial charge in [0.1, 0.15) is 10.7 Å². The van der Waals surface area contributed by atoms with Crippen LogP contribution in [0.1, 0.15) is 36.0 Å². The smallest absolute Gasteiger partial charge is 0.269 e. The zero-order valence-electron chi connectivity index (χ0n) is 17.5. The van der Waals surface area contributed by atoms with E-state index in [4.69, 9.17) is 0 Å². The summed E-state index contributed by atoms with van der Waals surface area (Å²) < 4.78 is 40.0. The minimum Gasteiger partial charge on any atom is -0.367 e. The van der Waals surface area contributed by atoms with Gasteiger partial charge in [-0.1, -0.05) is 37.1 Å². The standard InChI is InChI=1S/C23H28FN3O3S/c24-20-10-4-5-11-21(20)26-17-15-25(16-18-26)13-7-1-2-8-14-27-23(28)19-9-3-6-12-22(19)31(27,29)30/h3-6,9-12H,1-2,7-8,13-18H2. The third-order valence-electron chi connectivity index (χ3n) is 6.06.